The minimum Gasteiger partial charge on any atom is -0.296 e. The molecule has 0 amide bonds. The van der Waals surface area contributed by atoms with E-state index in [2.05, 4.69) is 17.6 Å². The molecule has 2 heteroatoms. The molecule has 0 fully saturated rings. The molecule has 0 saturated carbocycles. The summed E-state index contributed by atoms with van der Waals surface area (Å²) in [5, 5.41) is 0. The highest BCUT2D eigenvalue weighted by Crippen LogP contribution is 2.04. The second kappa shape index (κ2) is 4.40. The number of rotatable bonds is 3. The highest BCUT2D eigenvalue weighted by molar-refractivity contribution is 5.13. The van der Waals surface area contributed by atoms with E-state index in [1.807, 2.05) is 39.0 Å². The van der Waals surface area contributed by atoms with Gasteiger partial charge >= 0.3 is 0 Å². The Bertz CT molecular complexity index is 238. The molecular weight excluding hydrogens is 162 g/mol. The molecule has 0 heterocycles. The van der Waals surface area contributed by atoms with E-state index in [1.54, 1.807) is 0 Å². The Morgan fingerprint density at radius 3 is 2.31 bits per heavy atom. The second-order valence-electron chi connectivity index (χ2n) is 4.02. The predicted octanol–water partition coefficient (Wildman–Crippen LogP) is 2.51. The van der Waals surface area contributed by atoms with Crippen LogP contribution in [-0.2, 0) is 11.4 Å². The van der Waals surface area contributed by atoms with E-state index in [1.165, 1.54) is 5.56 Å². The van der Waals surface area contributed by atoms with Gasteiger partial charge in [-0.3, -0.25) is 4.84 Å². The molecule has 0 spiro atoms. The van der Waals surface area contributed by atoms with Gasteiger partial charge in [0, 0.05) is 6.54 Å². The summed E-state index contributed by atoms with van der Waals surface area (Å²) in [6, 6.07) is 10.2. The Kier molecular flexibility index (Phi) is 3.46. The summed E-state index contributed by atoms with van der Waals surface area (Å²) < 4.78 is 0. The Morgan fingerprint density at radius 2 is 1.77 bits per heavy atom. The fourth-order valence-corrected chi connectivity index (χ4v) is 0.932. The molecule has 1 aromatic carbocycles. The maximum absolute atomic E-state index is 5.38. The van der Waals surface area contributed by atoms with Gasteiger partial charge in [-0.2, -0.15) is 5.48 Å². The lowest BCUT2D eigenvalue weighted by molar-refractivity contribution is -0.0757. The van der Waals surface area contributed by atoms with Crippen LogP contribution in [-0.4, -0.2) is 5.60 Å². The summed E-state index contributed by atoms with van der Waals surface area (Å²) in [6.45, 7) is 6.80. The molecule has 0 aliphatic heterocycles. The smallest absolute Gasteiger partial charge is 0.0813 e. The van der Waals surface area contributed by atoms with Crippen molar-refractivity contribution in [1.29, 1.82) is 0 Å². The first-order valence-electron chi connectivity index (χ1n) is 4.53. The summed E-state index contributed by atoms with van der Waals surface area (Å²) in [5.74, 6) is 0. The van der Waals surface area contributed by atoms with Crippen LogP contribution in [0, 0.1) is 0 Å². The van der Waals surface area contributed by atoms with Crippen molar-refractivity contribution in [3.8, 4) is 0 Å². The Morgan fingerprint density at radius 1 is 1.15 bits per heavy atom. The van der Waals surface area contributed by atoms with E-state index in [0.29, 0.717) is 0 Å². The molecule has 0 saturated heterocycles. The summed E-state index contributed by atoms with van der Waals surface area (Å²) in [4.78, 5) is 5.38. The molecule has 72 valence electrons. The van der Waals surface area contributed by atoms with Gasteiger partial charge in [0.2, 0.25) is 0 Å². The van der Waals surface area contributed by atoms with Gasteiger partial charge in [-0.15, -0.1) is 0 Å². The summed E-state index contributed by atoms with van der Waals surface area (Å²) >= 11 is 0. The summed E-state index contributed by atoms with van der Waals surface area (Å²) in [6.07, 6.45) is 0. The maximum Gasteiger partial charge on any atom is 0.0813 e. The van der Waals surface area contributed by atoms with Crippen LogP contribution in [0.15, 0.2) is 30.3 Å². The van der Waals surface area contributed by atoms with Crippen molar-refractivity contribution < 1.29 is 4.84 Å². The van der Waals surface area contributed by atoms with Crippen molar-refractivity contribution in [2.75, 3.05) is 0 Å². The molecule has 0 unspecified atom stereocenters. The third-order valence-electron chi connectivity index (χ3n) is 1.50. The van der Waals surface area contributed by atoms with Crippen LogP contribution in [0.4, 0.5) is 0 Å². The van der Waals surface area contributed by atoms with Crippen LogP contribution in [0.5, 0.6) is 0 Å². The third-order valence-corrected chi connectivity index (χ3v) is 1.50. The first-order chi connectivity index (χ1) is 6.08. The lowest BCUT2D eigenvalue weighted by Crippen LogP contribution is -2.28. The van der Waals surface area contributed by atoms with Gasteiger partial charge < -0.3 is 0 Å². The lowest BCUT2D eigenvalue weighted by atomic mass is 10.2. The van der Waals surface area contributed by atoms with Gasteiger partial charge in [-0.05, 0) is 26.3 Å². The van der Waals surface area contributed by atoms with E-state index in [-0.39, 0.29) is 5.60 Å². The van der Waals surface area contributed by atoms with Crippen molar-refractivity contribution in [2.45, 2.75) is 32.9 Å². The third kappa shape index (κ3) is 4.65. The molecule has 0 radical (unpaired) electrons. The number of hydrogen-bond donors (Lipinski definition) is 1. The van der Waals surface area contributed by atoms with Crippen molar-refractivity contribution in [1.82, 2.24) is 5.48 Å². The molecule has 13 heavy (non-hydrogen) atoms. The normalized spacial score (nSPS) is 11.6. The van der Waals surface area contributed by atoms with Crippen molar-refractivity contribution in [2.24, 2.45) is 0 Å². The van der Waals surface area contributed by atoms with E-state index in [4.69, 9.17) is 4.84 Å². The first-order valence-corrected chi connectivity index (χ1v) is 4.53. The molecular formula is C11H17NO. The van der Waals surface area contributed by atoms with Gasteiger partial charge in [0.25, 0.3) is 0 Å². The SMILES string of the molecule is CC(C)(C)ONCc1ccccc1. The molecule has 1 N–H and O–H groups in total. The van der Waals surface area contributed by atoms with E-state index in [9.17, 15) is 0 Å². The molecule has 2 nitrogen and oxygen atoms in total. The molecule has 0 aliphatic carbocycles. The molecule has 0 aliphatic rings. The molecule has 0 bridgehead atoms. The van der Waals surface area contributed by atoms with Crippen molar-refractivity contribution >= 4 is 0 Å². The van der Waals surface area contributed by atoms with Gasteiger partial charge in [0.05, 0.1) is 5.60 Å². The van der Waals surface area contributed by atoms with Crippen molar-refractivity contribution in [3.05, 3.63) is 35.9 Å². The van der Waals surface area contributed by atoms with E-state index < -0.39 is 0 Å². The summed E-state index contributed by atoms with van der Waals surface area (Å²) in [7, 11) is 0. The number of hydroxylamine groups is 1. The highest BCUT2D eigenvalue weighted by Gasteiger charge is 2.09. The monoisotopic (exact) mass is 179 g/mol. The number of hydrogen-bond acceptors (Lipinski definition) is 2. The standard InChI is InChI=1S/C11H17NO/c1-11(2,3)13-12-9-10-7-5-4-6-8-10/h4-8,12H,9H2,1-3H3. The molecule has 0 atom stereocenters. The zero-order chi connectivity index (χ0) is 9.73. The first kappa shape index (κ1) is 10.2. The van der Waals surface area contributed by atoms with Crippen LogP contribution >= 0.6 is 0 Å². The fraction of sp³-hybridized carbons (Fsp3) is 0.455. The van der Waals surface area contributed by atoms with Gasteiger partial charge in [-0.1, -0.05) is 30.3 Å². The average molecular weight is 179 g/mol. The molecule has 1 rings (SSSR count). The molecule has 0 aromatic heterocycles. The largest absolute Gasteiger partial charge is 0.296 e. The minimum atomic E-state index is -0.130. The average Bonchev–Trinajstić information content (AvgIpc) is 2.04. The van der Waals surface area contributed by atoms with Gasteiger partial charge in [-0.25, -0.2) is 0 Å². The van der Waals surface area contributed by atoms with Crippen LogP contribution in [0.2, 0.25) is 0 Å². The number of benzene rings is 1. The highest BCUT2D eigenvalue weighted by atomic mass is 16.7. The van der Waals surface area contributed by atoms with E-state index in [0.717, 1.165) is 6.54 Å². The van der Waals surface area contributed by atoms with Gasteiger partial charge in [0.15, 0.2) is 0 Å². The number of nitrogens with one attached hydrogen (secondary N) is 1. The van der Waals surface area contributed by atoms with Crippen LogP contribution in [0.25, 0.3) is 0 Å². The lowest BCUT2D eigenvalue weighted by Gasteiger charge is -2.19. The van der Waals surface area contributed by atoms with Crippen molar-refractivity contribution in [3.63, 3.8) is 0 Å². The zero-order valence-electron chi connectivity index (χ0n) is 8.50. The Balaban J connectivity index is 2.29. The molecule has 1 aromatic rings. The fourth-order valence-electron chi connectivity index (χ4n) is 0.932. The maximum atomic E-state index is 5.38. The Labute approximate surface area is 79.9 Å². The van der Waals surface area contributed by atoms with E-state index >= 15 is 0 Å². The Hall–Kier alpha value is -0.860. The minimum absolute atomic E-state index is 0.130. The quantitative estimate of drug-likeness (QED) is 0.720. The van der Waals surface area contributed by atoms with Crippen LogP contribution in [0.1, 0.15) is 26.3 Å². The predicted molar refractivity (Wildman–Crippen MR) is 54.1 cm³/mol. The van der Waals surface area contributed by atoms with Gasteiger partial charge in [0.1, 0.15) is 0 Å². The topological polar surface area (TPSA) is 21.3 Å². The zero-order valence-corrected chi connectivity index (χ0v) is 8.50. The van der Waals surface area contributed by atoms with Crippen LogP contribution < -0.4 is 5.48 Å². The second-order valence-corrected chi connectivity index (χ2v) is 4.02. The van der Waals surface area contributed by atoms with Crippen LogP contribution in [0.3, 0.4) is 0 Å². The summed E-state index contributed by atoms with van der Waals surface area (Å²) in [5.41, 5.74) is 4.04.